The maximum atomic E-state index is 11.9. The lowest BCUT2D eigenvalue weighted by Gasteiger charge is -2.26. The molecule has 3 aliphatic carbocycles. The molecule has 134 valence electrons. The van der Waals surface area contributed by atoms with Crippen LogP contribution in [0.2, 0.25) is 0 Å². The number of nitrogens with zero attached hydrogens (tertiary/aromatic N) is 2. The third-order valence-corrected chi connectivity index (χ3v) is 6.04. The van der Waals surface area contributed by atoms with Crippen LogP contribution in [0, 0.1) is 5.92 Å². The van der Waals surface area contributed by atoms with Gasteiger partial charge in [-0.1, -0.05) is 24.3 Å². The fourth-order valence-corrected chi connectivity index (χ4v) is 4.60. The van der Waals surface area contributed by atoms with E-state index in [9.17, 15) is 18.3 Å². The second-order valence-corrected chi connectivity index (χ2v) is 8.27. The van der Waals surface area contributed by atoms with Gasteiger partial charge in [0.15, 0.2) is 0 Å². The predicted molar refractivity (Wildman–Crippen MR) is 99.1 cm³/mol. The summed E-state index contributed by atoms with van der Waals surface area (Å²) in [6.07, 6.45) is 8.88. The highest BCUT2D eigenvalue weighted by molar-refractivity contribution is 7.93. The molecule has 7 nitrogen and oxygen atoms in total. The number of nitrogens with two attached hydrogens (primary N) is 1. The van der Waals surface area contributed by atoms with E-state index in [2.05, 4.69) is 9.97 Å². The van der Waals surface area contributed by atoms with Gasteiger partial charge in [-0.2, -0.15) is 0 Å². The van der Waals surface area contributed by atoms with Crippen LogP contribution in [0.1, 0.15) is 27.7 Å². The Hall–Kier alpha value is -3.10. The van der Waals surface area contributed by atoms with Crippen LogP contribution in [-0.4, -0.2) is 29.5 Å². The first-order valence-corrected chi connectivity index (χ1v) is 9.77. The van der Waals surface area contributed by atoms with Gasteiger partial charge in [0.1, 0.15) is 0 Å². The van der Waals surface area contributed by atoms with E-state index >= 15 is 0 Å². The lowest BCUT2D eigenvalue weighted by atomic mass is 9.79. The monoisotopic (exact) mass is 379 g/mol. The largest absolute Gasteiger partial charge is 0.478 e. The van der Waals surface area contributed by atoms with Gasteiger partial charge in [0.25, 0.3) is 0 Å². The van der Waals surface area contributed by atoms with E-state index in [-0.39, 0.29) is 22.3 Å². The molecule has 0 fully saturated rings. The molecule has 0 aliphatic heterocycles. The number of hydrogen-bond donors (Lipinski definition) is 2. The van der Waals surface area contributed by atoms with Crippen molar-refractivity contribution in [1.82, 2.24) is 9.97 Å². The van der Waals surface area contributed by atoms with E-state index in [1.54, 1.807) is 18.2 Å². The minimum Gasteiger partial charge on any atom is -0.478 e. The van der Waals surface area contributed by atoms with Crippen molar-refractivity contribution in [2.75, 3.05) is 0 Å². The SMILES string of the molecule is NS(=O)(=O)C1=CC2c3nc4ccc(C(=O)O)cc4nc3C3=CC=CC(=C1)C32. The zero-order valence-corrected chi connectivity index (χ0v) is 14.6. The van der Waals surface area contributed by atoms with E-state index in [4.69, 9.17) is 5.14 Å². The van der Waals surface area contributed by atoms with Gasteiger partial charge in [0.2, 0.25) is 10.0 Å². The summed E-state index contributed by atoms with van der Waals surface area (Å²) in [6.45, 7) is 0. The van der Waals surface area contributed by atoms with Crippen molar-refractivity contribution in [2.24, 2.45) is 11.1 Å². The fraction of sp³-hybridized carbons (Fsp3) is 0.105. The first-order chi connectivity index (χ1) is 12.8. The van der Waals surface area contributed by atoms with Crippen molar-refractivity contribution in [1.29, 1.82) is 0 Å². The summed E-state index contributed by atoms with van der Waals surface area (Å²) in [5.41, 5.74) is 4.33. The van der Waals surface area contributed by atoms with Crippen molar-refractivity contribution in [2.45, 2.75) is 5.92 Å². The lowest BCUT2D eigenvalue weighted by molar-refractivity contribution is 0.0697. The lowest BCUT2D eigenvalue weighted by Crippen LogP contribution is -2.21. The van der Waals surface area contributed by atoms with Crippen LogP contribution in [0.4, 0.5) is 0 Å². The summed E-state index contributed by atoms with van der Waals surface area (Å²) in [7, 11) is -3.84. The Balaban J connectivity index is 1.78. The minimum absolute atomic E-state index is 0.0637. The summed E-state index contributed by atoms with van der Waals surface area (Å²) in [4.78, 5) is 20.7. The number of carboxylic acid groups (broad SMARTS) is 1. The van der Waals surface area contributed by atoms with E-state index in [0.29, 0.717) is 22.4 Å². The molecular formula is C19H13N3O4S. The molecule has 3 N–H and O–H groups in total. The molecule has 5 rings (SSSR count). The average Bonchev–Trinajstić information content (AvgIpc) is 2.93. The minimum atomic E-state index is -3.84. The molecule has 0 spiro atoms. The van der Waals surface area contributed by atoms with Crippen molar-refractivity contribution in [3.8, 4) is 0 Å². The predicted octanol–water partition coefficient (Wildman–Crippen LogP) is 2.11. The Bertz CT molecular complexity index is 1290. The number of hydrogen-bond acceptors (Lipinski definition) is 5. The van der Waals surface area contributed by atoms with Crippen LogP contribution in [0.5, 0.6) is 0 Å². The van der Waals surface area contributed by atoms with Gasteiger partial charge in [-0.25, -0.2) is 28.3 Å². The van der Waals surface area contributed by atoms with E-state index in [0.717, 1.165) is 11.1 Å². The van der Waals surface area contributed by atoms with E-state index in [1.165, 1.54) is 12.1 Å². The second kappa shape index (κ2) is 5.21. The van der Waals surface area contributed by atoms with Crippen molar-refractivity contribution in [3.63, 3.8) is 0 Å². The van der Waals surface area contributed by atoms with Gasteiger partial charge in [-0.3, -0.25) is 0 Å². The Morgan fingerprint density at radius 3 is 2.74 bits per heavy atom. The first-order valence-electron chi connectivity index (χ1n) is 8.23. The molecule has 1 aromatic heterocycles. The van der Waals surface area contributed by atoms with Crippen LogP contribution in [0.25, 0.3) is 16.6 Å². The summed E-state index contributed by atoms with van der Waals surface area (Å²) < 4.78 is 23.8. The Kier molecular flexibility index (Phi) is 3.11. The summed E-state index contributed by atoms with van der Waals surface area (Å²) in [6, 6.07) is 4.59. The number of rotatable bonds is 2. The van der Waals surface area contributed by atoms with Gasteiger partial charge in [-0.05, 0) is 35.4 Å². The fourth-order valence-electron chi connectivity index (χ4n) is 3.96. The number of aromatic nitrogens is 2. The normalized spacial score (nSPS) is 22.6. The third kappa shape index (κ3) is 2.30. The maximum Gasteiger partial charge on any atom is 0.335 e. The Morgan fingerprint density at radius 2 is 2.00 bits per heavy atom. The molecule has 3 aliphatic rings. The molecule has 0 bridgehead atoms. The van der Waals surface area contributed by atoms with Crippen LogP contribution >= 0.6 is 0 Å². The number of aromatic carboxylic acids is 1. The van der Waals surface area contributed by atoms with E-state index in [1.807, 2.05) is 18.2 Å². The van der Waals surface area contributed by atoms with Gasteiger partial charge < -0.3 is 5.11 Å². The van der Waals surface area contributed by atoms with Gasteiger partial charge >= 0.3 is 5.97 Å². The summed E-state index contributed by atoms with van der Waals surface area (Å²) in [5, 5.41) is 14.5. The Labute approximate surface area is 154 Å². The quantitative estimate of drug-likeness (QED) is 0.824. The van der Waals surface area contributed by atoms with Gasteiger partial charge in [0.05, 0.1) is 32.9 Å². The molecule has 1 aromatic carbocycles. The smallest absolute Gasteiger partial charge is 0.335 e. The molecule has 0 saturated carbocycles. The molecule has 0 amide bonds. The standard InChI is InChI=1S/C19H13N3O4S/c20-27(25,26)11-6-9-2-1-3-12-16(9)13(8-11)18-17(12)22-15-7-10(19(23)24)4-5-14(15)21-18/h1-8,13,16H,(H,23,24)(H2,20,25,26). The van der Waals surface area contributed by atoms with Crippen molar-refractivity contribution in [3.05, 3.63) is 76.0 Å². The molecule has 0 radical (unpaired) electrons. The number of benzene rings is 1. The zero-order valence-electron chi connectivity index (χ0n) is 13.8. The highest BCUT2D eigenvalue weighted by atomic mass is 32.2. The molecular weight excluding hydrogens is 366 g/mol. The maximum absolute atomic E-state index is 11.9. The molecule has 1 heterocycles. The highest BCUT2D eigenvalue weighted by Crippen LogP contribution is 2.53. The molecule has 27 heavy (non-hydrogen) atoms. The van der Waals surface area contributed by atoms with Crippen LogP contribution < -0.4 is 5.14 Å². The molecule has 2 atom stereocenters. The molecule has 2 unspecified atom stereocenters. The topological polar surface area (TPSA) is 123 Å². The highest BCUT2D eigenvalue weighted by Gasteiger charge is 2.43. The number of fused-ring (bicyclic) bond motifs is 4. The number of carboxylic acids is 1. The summed E-state index contributed by atoms with van der Waals surface area (Å²) in [5.74, 6) is -1.37. The van der Waals surface area contributed by atoms with Crippen molar-refractivity contribution < 1.29 is 18.3 Å². The van der Waals surface area contributed by atoms with Crippen molar-refractivity contribution >= 4 is 32.6 Å². The average molecular weight is 379 g/mol. The van der Waals surface area contributed by atoms with E-state index < -0.39 is 16.0 Å². The molecule has 8 heteroatoms. The number of allylic oxidation sites excluding steroid dienone is 7. The zero-order chi connectivity index (χ0) is 18.9. The van der Waals surface area contributed by atoms with Gasteiger partial charge in [-0.15, -0.1) is 0 Å². The van der Waals surface area contributed by atoms with Crippen LogP contribution in [0.15, 0.2) is 59.1 Å². The number of primary sulfonamides is 1. The second-order valence-electron chi connectivity index (χ2n) is 6.71. The molecule has 2 aromatic rings. The third-order valence-electron chi connectivity index (χ3n) is 5.13. The first kappa shape index (κ1) is 16.1. The van der Waals surface area contributed by atoms with Gasteiger partial charge in [0, 0.05) is 11.8 Å². The summed E-state index contributed by atoms with van der Waals surface area (Å²) >= 11 is 0. The van der Waals surface area contributed by atoms with Crippen LogP contribution in [-0.2, 0) is 10.0 Å². The molecule has 0 saturated heterocycles. The number of sulfonamides is 1. The van der Waals surface area contributed by atoms with Crippen LogP contribution in [0.3, 0.4) is 0 Å². The number of carbonyl (C=O) groups is 1. The Morgan fingerprint density at radius 1 is 1.19 bits per heavy atom.